The predicted octanol–water partition coefficient (Wildman–Crippen LogP) is 3.77. The van der Waals surface area contributed by atoms with Crippen LogP contribution in [-0.2, 0) is 9.53 Å². The fraction of sp³-hybridized carbons (Fsp3) is 0.720. The van der Waals surface area contributed by atoms with Crippen molar-refractivity contribution < 1.29 is 9.53 Å². The maximum atomic E-state index is 13.6. The molecule has 0 saturated carbocycles. The molecule has 0 aromatic heterocycles. The summed E-state index contributed by atoms with van der Waals surface area (Å²) < 4.78 is 6.70. The van der Waals surface area contributed by atoms with Crippen molar-refractivity contribution in [1.82, 2.24) is 9.80 Å². The van der Waals surface area contributed by atoms with E-state index in [4.69, 9.17) is 4.74 Å². The second-order valence-corrected chi connectivity index (χ2v) is 10.2. The van der Waals surface area contributed by atoms with E-state index in [-0.39, 0.29) is 5.41 Å². The van der Waals surface area contributed by atoms with Crippen molar-refractivity contribution in [2.45, 2.75) is 70.9 Å². The third-order valence-corrected chi connectivity index (χ3v) is 8.76. The number of quaternary nitrogens is 1. The summed E-state index contributed by atoms with van der Waals surface area (Å²) in [5, 5.41) is 3.60. The maximum Gasteiger partial charge on any atom is 0.233 e. The lowest BCUT2D eigenvalue weighted by Gasteiger charge is -2.45. The summed E-state index contributed by atoms with van der Waals surface area (Å²) in [6.07, 6.45) is 7.77. The number of hydrogen-bond donors (Lipinski definition) is 1. The third kappa shape index (κ3) is 3.12. The molecule has 1 aromatic carbocycles. The Morgan fingerprint density at radius 3 is 2.67 bits per heavy atom. The summed E-state index contributed by atoms with van der Waals surface area (Å²) >= 11 is 0. The lowest BCUT2D eigenvalue weighted by Crippen LogP contribution is -2.59. The molecule has 0 bridgehead atoms. The van der Waals surface area contributed by atoms with E-state index in [1.54, 1.807) is 0 Å². The first-order valence-electron chi connectivity index (χ1n) is 12.2. The van der Waals surface area contributed by atoms with Gasteiger partial charge in [-0.15, -0.1) is 0 Å². The lowest BCUT2D eigenvalue weighted by atomic mass is 9.73. The number of rotatable bonds is 3. The van der Waals surface area contributed by atoms with E-state index in [9.17, 15) is 4.79 Å². The molecule has 5 heteroatoms. The highest BCUT2D eigenvalue weighted by Gasteiger charge is 2.49. The minimum absolute atomic E-state index is 0.186. The summed E-state index contributed by atoms with van der Waals surface area (Å²) in [5.41, 5.74) is 3.66. The highest BCUT2D eigenvalue weighted by Crippen LogP contribution is 2.44. The van der Waals surface area contributed by atoms with Gasteiger partial charge in [-0.05, 0) is 51.2 Å². The minimum Gasteiger partial charge on any atom is -0.381 e. The normalized spacial score (nSPS) is 34.1. The average molecular weight is 413 g/mol. The number of aryl methyl sites for hydroxylation is 1. The first kappa shape index (κ1) is 20.5. The van der Waals surface area contributed by atoms with E-state index in [0.29, 0.717) is 18.0 Å². The Kier molecular flexibility index (Phi) is 5.41. The number of hydrogen-bond acceptors (Lipinski definition) is 3. The zero-order chi connectivity index (χ0) is 20.8. The molecule has 3 atom stereocenters. The van der Waals surface area contributed by atoms with E-state index < -0.39 is 0 Å². The van der Waals surface area contributed by atoms with Crippen LogP contribution < -0.4 is 14.7 Å². The molecule has 1 amide bonds. The molecule has 1 aromatic rings. The van der Waals surface area contributed by atoms with Gasteiger partial charge in [0.25, 0.3) is 0 Å². The number of likely N-dealkylation sites (tertiary alicyclic amines) is 1. The first-order chi connectivity index (χ1) is 14.6. The van der Waals surface area contributed by atoms with Gasteiger partial charge < -0.3 is 15.0 Å². The number of ether oxygens (including phenoxy) is 1. The Hall–Kier alpha value is -1.43. The number of amides is 1. The second-order valence-electron chi connectivity index (χ2n) is 10.2. The van der Waals surface area contributed by atoms with Crippen LogP contribution in [0.15, 0.2) is 18.2 Å². The van der Waals surface area contributed by atoms with Crippen molar-refractivity contribution in [2.24, 2.45) is 5.41 Å². The summed E-state index contributed by atoms with van der Waals surface area (Å²) in [6, 6.07) is 8.36. The van der Waals surface area contributed by atoms with Crippen LogP contribution in [0, 0.1) is 12.3 Å². The number of piperidine rings is 1. The maximum absolute atomic E-state index is 13.6. The third-order valence-electron chi connectivity index (χ3n) is 8.76. The van der Waals surface area contributed by atoms with Gasteiger partial charge in [0.1, 0.15) is 11.7 Å². The van der Waals surface area contributed by atoms with Gasteiger partial charge in [0, 0.05) is 69.9 Å². The summed E-state index contributed by atoms with van der Waals surface area (Å²) in [7, 11) is 0. The summed E-state index contributed by atoms with van der Waals surface area (Å²) in [5.74, 6) is 0.339. The Morgan fingerprint density at radius 2 is 2.00 bits per heavy atom. The predicted molar refractivity (Wildman–Crippen MR) is 122 cm³/mol. The smallest absolute Gasteiger partial charge is 0.233 e. The molecule has 5 nitrogen and oxygen atoms in total. The topological polar surface area (TPSA) is 41.6 Å². The van der Waals surface area contributed by atoms with Crippen molar-refractivity contribution in [3.63, 3.8) is 0 Å². The SMILES string of the molecule is Cc1cc([N+]2([C@@H]3CCNC3)CCC[C@H]2C)ccc1N1CCCC2(CCOCC2)C1=O. The molecule has 4 fully saturated rings. The molecule has 0 radical (unpaired) electrons. The Labute approximate surface area is 181 Å². The molecular formula is C25H38N3O2+. The molecule has 0 aliphatic carbocycles. The van der Waals surface area contributed by atoms with E-state index in [0.717, 1.165) is 68.7 Å². The molecular weight excluding hydrogens is 374 g/mol. The molecule has 1 N–H and O–H groups in total. The molecule has 30 heavy (non-hydrogen) atoms. The molecule has 1 unspecified atom stereocenters. The minimum atomic E-state index is -0.186. The number of nitrogens with zero attached hydrogens (tertiary/aromatic N) is 2. The van der Waals surface area contributed by atoms with Crippen LogP contribution in [0.1, 0.15) is 57.4 Å². The fourth-order valence-electron chi connectivity index (χ4n) is 7.00. The molecule has 5 rings (SSSR count). The van der Waals surface area contributed by atoms with Gasteiger partial charge >= 0.3 is 0 Å². The van der Waals surface area contributed by atoms with Crippen molar-refractivity contribution in [3.05, 3.63) is 23.8 Å². The van der Waals surface area contributed by atoms with Crippen molar-refractivity contribution >= 4 is 17.3 Å². The molecule has 1 spiro atoms. The quantitative estimate of drug-likeness (QED) is 0.769. The Bertz CT molecular complexity index is 792. The van der Waals surface area contributed by atoms with E-state index in [1.165, 1.54) is 37.1 Å². The van der Waals surface area contributed by atoms with Gasteiger partial charge in [-0.25, -0.2) is 0 Å². The Balaban J connectivity index is 1.46. The van der Waals surface area contributed by atoms with E-state index in [1.807, 2.05) is 0 Å². The average Bonchev–Trinajstić information content (AvgIpc) is 3.42. The lowest BCUT2D eigenvalue weighted by molar-refractivity contribution is -0.136. The van der Waals surface area contributed by atoms with Gasteiger partial charge in [0.15, 0.2) is 0 Å². The van der Waals surface area contributed by atoms with Gasteiger partial charge in [0.05, 0.1) is 18.0 Å². The number of anilines is 1. The van der Waals surface area contributed by atoms with Crippen LogP contribution in [0.3, 0.4) is 0 Å². The fourth-order valence-corrected chi connectivity index (χ4v) is 7.00. The van der Waals surface area contributed by atoms with Gasteiger partial charge in [-0.2, -0.15) is 0 Å². The molecule has 4 aliphatic heterocycles. The highest BCUT2D eigenvalue weighted by atomic mass is 16.5. The Morgan fingerprint density at radius 1 is 1.17 bits per heavy atom. The van der Waals surface area contributed by atoms with Crippen LogP contribution in [0.2, 0.25) is 0 Å². The van der Waals surface area contributed by atoms with Gasteiger partial charge in [-0.1, -0.05) is 0 Å². The second kappa shape index (κ2) is 7.92. The van der Waals surface area contributed by atoms with Crippen molar-refractivity contribution in [1.29, 1.82) is 0 Å². The van der Waals surface area contributed by atoms with Crippen LogP contribution in [0.25, 0.3) is 0 Å². The molecule has 164 valence electrons. The van der Waals surface area contributed by atoms with Crippen molar-refractivity contribution in [2.75, 3.05) is 44.3 Å². The van der Waals surface area contributed by atoms with Crippen LogP contribution in [0.4, 0.5) is 11.4 Å². The van der Waals surface area contributed by atoms with Crippen LogP contribution >= 0.6 is 0 Å². The number of carbonyl (C=O) groups excluding carboxylic acids is 1. The van der Waals surface area contributed by atoms with E-state index in [2.05, 4.69) is 42.3 Å². The summed E-state index contributed by atoms with van der Waals surface area (Å²) in [4.78, 5) is 15.7. The highest BCUT2D eigenvalue weighted by molar-refractivity contribution is 5.99. The number of carbonyl (C=O) groups is 1. The zero-order valence-electron chi connectivity index (χ0n) is 18.8. The van der Waals surface area contributed by atoms with E-state index >= 15 is 0 Å². The standard InChI is InChI=1S/C25H38N3O2/c1-19-17-21(28(14-3-5-20(28)2)22-8-12-26-18-22)6-7-23(19)27-13-4-9-25(24(27)29)10-15-30-16-11-25/h6-7,17,20,22,26H,3-5,8-16,18H2,1-2H3/q+1/t20-,22-,28?/m1/s1. The molecule has 4 heterocycles. The van der Waals surface area contributed by atoms with Gasteiger partial charge in [0.2, 0.25) is 5.91 Å². The van der Waals surface area contributed by atoms with Crippen LogP contribution in [-0.4, -0.2) is 57.4 Å². The molecule has 4 saturated heterocycles. The summed E-state index contributed by atoms with van der Waals surface area (Å²) in [6.45, 7) is 10.5. The van der Waals surface area contributed by atoms with Crippen molar-refractivity contribution in [3.8, 4) is 0 Å². The largest absolute Gasteiger partial charge is 0.381 e. The van der Waals surface area contributed by atoms with Gasteiger partial charge in [-0.3, -0.25) is 9.28 Å². The molecule has 4 aliphatic rings. The number of benzene rings is 1. The zero-order valence-corrected chi connectivity index (χ0v) is 18.8. The monoisotopic (exact) mass is 412 g/mol. The first-order valence-corrected chi connectivity index (χ1v) is 12.2. The number of nitrogens with one attached hydrogen (secondary N) is 1. The van der Waals surface area contributed by atoms with Crippen LogP contribution in [0.5, 0.6) is 0 Å².